The van der Waals surface area contributed by atoms with Gasteiger partial charge in [-0.3, -0.25) is 9.69 Å². The van der Waals surface area contributed by atoms with Crippen molar-refractivity contribution in [3.05, 3.63) is 59.1 Å². The first-order valence-corrected chi connectivity index (χ1v) is 6.60. The molecule has 100 valence electrons. The normalized spacial score (nSPS) is 16.9. The lowest BCUT2D eigenvalue weighted by molar-refractivity contribution is -0.113. The fourth-order valence-corrected chi connectivity index (χ4v) is 2.38. The van der Waals surface area contributed by atoms with Crippen LogP contribution in [-0.2, 0) is 4.79 Å². The third-order valence-electron chi connectivity index (χ3n) is 2.77. The van der Waals surface area contributed by atoms with Crippen molar-refractivity contribution in [2.24, 2.45) is 0 Å². The monoisotopic (exact) mass is 304 g/mol. The minimum absolute atomic E-state index is 0.242. The summed E-state index contributed by atoms with van der Waals surface area (Å²) < 4.78 is 5.19. The van der Waals surface area contributed by atoms with Crippen molar-refractivity contribution in [1.29, 1.82) is 0 Å². The maximum absolute atomic E-state index is 12.4. The second-order valence-electron chi connectivity index (χ2n) is 4.12. The van der Waals surface area contributed by atoms with Gasteiger partial charge in [-0.15, -0.1) is 0 Å². The number of carbonyl (C=O) groups excluding carboxylic acids is 1. The van der Waals surface area contributed by atoms with Crippen molar-refractivity contribution in [3.8, 4) is 0 Å². The van der Waals surface area contributed by atoms with Crippen LogP contribution in [0.1, 0.15) is 5.76 Å². The Morgan fingerprint density at radius 1 is 1.30 bits per heavy atom. The number of benzene rings is 1. The molecule has 1 aliphatic heterocycles. The van der Waals surface area contributed by atoms with Crippen LogP contribution in [0.25, 0.3) is 6.08 Å². The Kier molecular flexibility index (Phi) is 3.30. The molecule has 1 saturated heterocycles. The Morgan fingerprint density at radius 2 is 2.15 bits per heavy atom. The van der Waals surface area contributed by atoms with Crippen LogP contribution in [0.3, 0.4) is 0 Å². The van der Waals surface area contributed by atoms with Crippen molar-refractivity contribution in [2.45, 2.75) is 0 Å². The van der Waals surface area contributed by atoms with Crippen LogP contribution in [0.15, 0.2) is 52.8 Å². The highest BCUT2D eigenvalue weighted by Gasteiger charge is 2.32. The number of halogens is 1. The highest BCUT2D eigenvalue weighted by molar-refractivity contribution is 7.80. The van der Waals surface area contributed by atoms with Gasteiger partial charge in [-0.05, 0) is 42.5 Å². The zero-order chi connectivity index (χ0) is 14.1. The highest BCUT2D eigenvalue weighted by Crippen LogP contribution is 2.25. The molecule has 1 aliphatic rings. The molecule has 2 heterocycles. The van der Waals surface area contributed by atoms with E-state index in [-0.39, 0.29) is 5.91 Å². The summed E-state index contributed by atoms with van der Waals surface area (Å²) in [4.78, 5) is 13.8. The van der Waals surface area contributed by atoms with Crippen molar-refractivity contribution in [3.63, 3.8) is 0 Å². The van der Waals surface area contributed by atoms with Gasteiger partial charge in [0.2, 0.25) is 0 Å². The number of amides is 1. The maximum Gasteiger partial charge on any atom is 0.281 e. The summed E-state index contributed by atoms with van der Waals surface area (Å²) in [7, 11) is 0. The van der Waals surface area contributed by atoms with Gasteiger partial charge in [0, 0.05) is 11.1 Å². The maximum atomic E-state index is 12.4. The Bertz CT molecular complexity index is 710. The molecule has 0 radical (unpaired) electrons. The second kappa shape index (κ2) is 5.11. The standard InChI is InChI=1S/C14H9ClN2O2S/c15-9-3-1-4-10(7-9)17-13(18)12(16-14(17)20)8-11-5-2-6-19-11/h1-8H,(H,16,20)/b12-8+. The average Bonchev–Trinajstić information content (AvgIpc) is 2.99. The lowest BCUT2D eigenvalue weighted by Crippen LogP contribution is -2.30. The molecule has 1 aromatic carbocycles. The quantitative estimate of drug-likeness (QED) is 0.683. The molecule has 4 nitrogen and oxygen atoms in total. The first-order valence-electron chi connectivity index (χ1n) is 5.81. The van der Waals surface area contributed by atoms with Crippen LogP contribution < -0.4 is 10.2 Å². The third-order valence-corrected chi connectivity index (χ3v) is 3.29. The van der Waals surface area contributed by atoms with E-state index < -0.39 is 0 Å². The first kappa shape index (κ1) is 12.9. The molecular formula is C14H9ClN2O2S. The Hall–Kier alpha value is -2.11. The van der Waals surface area contributed by atoms with E-state index in [9.17, 15) is 4.79 Å². The molecule has 0 saturated carbocycles. The zero-order valence-corrected chi connectivity index (χ0v) is 11.7. The van der Waals surface area contributed by atoms with E-state index in [1.807, 2.05) is 0 Å². The van der Waals surface area contributed by atoms with E-state index in [0.29, 0.717) is 27.3 Å². The topological polar surface area (TPSA) is 45.5 Å². The molecule has 0 aliphatic carbocycles. The number of nitrogens with one attached hydrogen (secondary N) is 1. The van der Waals surface area contributed by atoms with Crippen LogP contribution >= 0.6 is 23.8 Å². The zero-order valence-electron chi connectivity index (χ0n) is 10.2. The summed E-state index contributed by atoms with van der Waals surface area (Å²) in [5.41, 5.74) is 0.993. The van der Waals surface area contributed by atoms with Crippen molar-refractivity contribution >= 4 is 46.6 Å². The minimum atomic E-state index is -0.242. The number of furan rings is 1. The summed E-state index contributed by atoms with van der Waals surface area (Å²) in [6, 6.07) is 10.5. The first-order chi connectivity index (χ1) is 9.65. The van der Waals surface area contributed by atoms with Crippen LogP contribution in [0.5, 0.6) is 0 Å². The van der Waals surface area contributed by atoms with Gasteiger partial charge in [-0.2, -0.15) is 0 Å². The Labute approximate surface area is 125 Å². The largest absolute Gasteiger partial charge is 0.465 e. The van der Waals surface area contributed by atoms with E-state index in [2.05, 4.69) is 5.32 Å². The summed E-state index contributed by atoms with van der Waals surface area (Å²) in [6.07, 6.45) is 3.15. The molecule has 1 fully saturated rings. The summed E-state index contributed by atoms with van der Waals surface area (Å²) in [5, 5.41) is 3.73. The molecule has 20 heavy (non-hydrogen) atoms. The molecule has 1 N–H and O–H groups in total. The minimum Gasteiger partial charge on any atom is -0.465 e. The van der Waals surface area contributed by atoms with Gasteiger partial charge in [0.05, 0.1) is 12.0 Å². The van der Waals surface area contributed by atoms with Gasteiger partial charge >= 0.3 is 0 Å². The molecule has 0 bridgehead atoms. The molecule has 6 heteroatoms. The van der Waals surface area contributed by atoms with Gasteiger partial charge in [-0.25, -0.2) is 0 Å². The van der Waals surface area contributed by atoms with Gasteiger partial charge in [-0.1, -0.05) is 17.7 Å². The van der Waals surface area contributed by atoms with Crippen molar-refractivity contribution < 1.29 is 9.21 Å². The van der Waals surface area contributed by atoms with E-state index in [4.69, 9.17) is 28.2 Å². The number of hydrogen-bond donors (Lipinski definition) is 1. The molecule has 1 aromatic heterocycles. The number of carbonyl (C=O) groups is 1. The van der Waals surface area contributed by atoms with Gasteiger partial charge < -0.3 is 9.73 Å². The van der Waals surface area contributed by atoms with Crippen LogP contribution in [0.2, 0.25) is 5.02 Å². The Morgan fingerprint density at radius 3 is 2.85 bits per heavy atom. The number of nitrogens with zero attached hydrogens (tertiary/aromatic N) is 1. The van der Waals surface area contributed by atoms with E-state index in [1.54, 1.807) is 48.7 Å². The summed E-state index contributed by atoms with van der Waals surface area (Å²) in [5.74, 6) is 0.338. The Balaban J connectivity index is 1.95. The third kappa shape index (κ3) is 2.33. The van der Waals surface area contributed by atoms with Gasteiger partial charge in [0.25, 0.3) is 5.91 Å². The number of anilines is 1. The molecule has 0 spiro atoms. The van der Waals surface area contributed by atoms with Crippen LogP contribution in [-0.4, -0.2) is 11.0 Å². The van der Waals surface area contributed by atoms with E-state index in [1.165, 1.54) is 4.90 Å². The lowest BCUT2D eigenvalue weighted by atomic mass is 10.3. The fraction of sp³-hybridized carbons (Fsp3) is 0. The second-order valence-corrected chi connectivity index (χ2v) is 4.95. The van der Waals surface area contributed by atoms with Crippen molar-refractivity contribution in [2.75, 3.05) is 4.90 Å². The van der Waals surface area contributed by atoms with E-state index in [0.717, 1.165) is 0 Å². The van der Waals surface area contributed by atoms with E-state index >= 15 is 0 Å². The molecule has 2 aromatic rings. The molecule has 3 rings (SSSR count). The number of rotatable bonds is 2. The summed E-state index contributed by atoms with van der Waals surface area (Å²) in [6.45, 7) is 0. The van der Waals surface area contributed by atoms with Gasteiger partial charge in [0.15, 0.2) is 5.11 Å². The number of thiocarbonyl (C=S) groups is 1. The predicted octanol–water partition coefficient (Wildman–Crippen LogP) is 3.20. The fourth-order valence-electron chi connectivity index (χ4n) is 1.90. The van der Waals surface area contributed by atoms with Crippen molar-refractivity contribution in [1.82, 2.24) is 5.32 Å². The predicted molar refractivity (Wildman–Crippen MR) is 81.4 cm³/mol. The average molecular weight is 305 g/mol. The van der Waals surface area contributed by atoms with Crippen LogP contribution in [0, 0.1) is 0 Å². The van der Waals surface area contributed by atoms with Crippen LogP contribution in [0.4, 0.5) is 5.69 Å². The molecule has 0 atom stereocenters. The summed E-state index contributed by atoms with van der Waals surface area (Å²) >= 11 is 11.1. The molecular weight excluding hydrogens is 296 g/mol. The SMILES string of the molecule is O=C1/C(=C\c2ccco2)NC(=S)N1c1cccc(Cl)c1. The lowest BCUT2D eigenvalue weighted by Gasteiger charge is -2.13. The molecule has 0 unspecified atom stereocenters. The smallest absolute Gasteiger partial charge is 0.281 e. The molecule has 1 amide bonds. The van der Waals surface area contributed by atoms with Gasteiger partial charge in [0.1, 0.15) is 11.5 Å². The highest BCUT2D eigenvalue weighted by atomic mass is 35.5. The number of hydrogen-bond acceptors (Lipinski definition) is 3.